The summed E-state index contributed by atoms with van der Waals surface area (Å²) in [6.07, 6.45) is 0. The number of hydrogen-bond acceptors (Lipinski definition) is 3. The van der Waals surface area contributed by atoms with Crippen LogP contribution in [-0.2, 0) is 4.74 Å². The number of amides is 2. The molecule has 5 heteroatoms. The number of anilines is 1. The van der Waals surface area contributed by atoms with Crippen molar-refractivity contribution in [2.45, 2.75) is 33.7 Å². The smallest absolute Gasteiger partial charge is 0.340 e. The van der Waals surface area contributed by atoms with Crippen molar-refractivity contribution in [2.75, 3.05) is 12.4 Å². The fraction of sp³-hybridized carbons (Fsp3) is 0.429. The lowest BCUT2D eigenvalue weighted by molar-refractivity contribution is 0.0601. The minimum Gasteiger partial charge on any atom is -0.465 e. The predicted octanol–water partition coefficient (Wildman–Crippen LogP) is 2.62. The molecule has 19 heavy (non-hydrogen) atoms. The minimum atomic E-state index is -0.457. The molecule has 2 N–H and O–H groups in total. The van der Waals surface area contributed by atoms with Crippen LogP contribution in [0.2, 0.25) is 0 Å². The van der Waals surface area contributed by atoms with Crippen LogP contribution < -0.4 is 10.6 Å². The van der Waals surface area contributed by atoms with Crippen LogP contribution in [0.5, 0.6) is 0 Å². The summed E-state index contributed by atoms with van der Waals surface area (Å²) in [7, 11) is 1.32. The third-order valence-electron chi connectivity index (χ3n) is 2.79. The van der Waals surface area contributed by atoms with E-state index in [0.717, 1.165) is 11.1 Å². The van der Waals surface area contributed by atoms with Gasteiger partial charge in [-0.25, -0.2) is 9.59 Å². The molecule has 0 spiro atoms. The normalized spacial score (nSPS) is 10.2. The van der Waals surface area contributed by atoms with Crippen LogP contribution in [0.15, 0.2) is 12.1 Å². The summed E-state index contributed by atoms with van der Waals surface area (Å²) in [6, 6.07) is 3.23. The minimum absolute atomic E-state index is 0.0214. The monoisotopic (exact) mass is 264 g/mol. The molecule has 104 valence electrons. The van der Waals surface area contributed by atoms with Gasteiger partial charge in [-0.05, 0) is 44.9 Å². The third kappa shape index (κ3) is 3.71. The summed E-state index contributed by atoms with van der Waals surface area (Å²) in [5.74, 6) is -0.457. The van der Waals surface area contributed by atoms with Gasteiger partial charge in [-0.2, -0.15) is 0 Å². The fourth-order valence-electron chi connectivity index (χ4n) is 1.71. The molecule has 1 aromatic carbocycles. The summed E-state index contributed by atoms with van der Waals surface area (Å²) in [6.45, 7) is 7.45. The Bertz CT molecular complexity index is 496. The summed E-state index contributed by atoms with van der Waals surface area (Å²) in [5, 5.41) is 5.38. The van der Waals surface area contributed by atoms with Crippen molar-refractivity contribution in [3.8, 4) is 0 Å². The van der Waals surface area contributed by atoms with E-state index in [4.69, 9.17) is 4.74 Å². The van der Waals surface area contributed by atoms with Crippen molar-refractivity contribution in [3.05, 3.63) is 28.8 Å². The van der Waals surface area contributed by atoms with Crippen LogP contribution in [0, 0.1) is 13.8 Å². The summed E-state index contributed by atoms with van der Waals surface area (Å²) in [5.41, 5.74) is 2.61. The lowest BCUT2D eigenvalue weighted by Crippen LogP contribution is -2.34. The quantitative estimate of drug-likeness (QED) is 0.825. The molecule has 0 unspecified atom stereocenters. The van der Waals surface area contributed by atoms with Gasteiger partial charge in [0.2, 0.25) is 0 Å². The first-order valence-electron chi connectivity index (χ1n) is 6.12. The molecule has 0 aliphatic heterocycles. The number of carbonyl (C=O) groups is 2. The van der Waals surface area contributed by atoms with Gasteiger partial charge in [0.25, 0.3) is 0 Å². The molecule has 5 nitrogen and oxygen atoms in total. The Labute approximate surface area is 113 Å². The largest absolute Gasteiger partial charge is 0.465 e. The van der Waals surface area contributed by atoms with Crippen LogP contribution >= 0.6 is 0 Å². The molecule has 1 rings (SSSR count). The number of hydrogen-bond donors (Lipinski definition) is 2. The van der Waals surface area contributed by atoms with Gasteiger partial charge in [0.05, 0.1) is 18.4 Å². The second-order valence-corrected chi connectivity index (χ2v) is 4.67. The maximum Gasteiger partial charge on any atom is 0.340 e. The molecule has 0 bridgehead atoms. The average molecular weight is 264 g/mol. The van der Waals surface area contributed by atoms with E-state index < -0.39 is 5.97 Å². The second-order valence-electron chi connectivity index (χ2n) is 4.67. The first-order valence-corrected chi connectivity index (χ1v) is 6.12. The van der Waals surface area contributed by atoms with Crippen molar-refractivity contribution < 1.29 is 14.3 Å². The van der Waals surface area contributed by atoms with Crippen molar-refractivity contribution in [1.29, 1.82) is 0 Å². The zero-order valence-corrected chi connectivity index (χ0v) is 12.0. The SMILES string of the molecule is COC(=O)c1c(NC(=O)NC(C)C)ccc(C)c1C. The molecule has 2 amide bonds. The highest BCUT2D eigenvalue weighted by Gasteiger charge is 2.18. The molecule has 0 aliphatic rings. The number of methoxy groups -OCH3 is 1. The molecular formula is C14H20N2O3. The lowest BCUT2D eigenvalue weighted by atomic mass is 10.0. The molecule has 0 aromatic heterocycles. The highest BCUT2D eigenvalue weighted by Crippen LogP contribution is 2.23. The van der Waals surface area contributed by atoms with Crippen LogP contribution in [-0.4, -0.2) is 25.2 Å². The maximum absolute atomic E-state index is 11.8. The van der Waals surface area contributed by atoms with Crippen LogP contribution in [0.3, 0.4) is 0 Å². The van der Waals surface area contributed by atoms with E-state index in [9.17, 15) is 9.59 Å². The number of esters is 1. The van der Waals surface area contributed by atoms with Gasteiger partial charge < -0.3 is 15.4 Å². The van der Waals surface area contributed by atoms with Crippen molar-refractivity contribution in [1.82, 2.24) is 5.32 Å². The van der Waals surface area contributed by atoms with Gasteiger partial charge in [-0.15, -0.1) is 0 Å². The zero-order valence-electron chi connectivity index (χ0n) is 12.0. The highest BCUT2D eigenvalue weighted by molar-refractivity contribution is 6.02. The molecule has 0 saturated carbocycles. The van der Waals surface area contributed by atoms with Crippen molar-refractivity contribution >= 4 is 17.7 Å². The van der Waals surface area contributed by atoms with Crippen molar-refractivity contribution in [3.63, 3.8) is 0 Å². The first-order chi connectivity index (χ1) is 8.86. The Morgan fingerprint density at radius 3 is 2.37 bits per heavy atom. The molecular weight excluding hydrogens is 244 g/mol. The standard InChI is InChI=1S/C14H20N2O3/c1-8(2)15-14(18)16-11-7-6-9(3)10(4)12(11)13(17)19-5/h6-8H,1-5H3,(H2,15,16,18). The highest BCUT2D eigenvalue weighted by atomic mass is 16.5. The third-order valence-corrected chi connectivity index (χ3v) is 2.79. The molecule has 0 heterocycles. The van der Waals surface area contributed by atoms with Crippen LogP contribution in [0.1, 0.15) is 35.3 Å². The van der Waals surface area contributed by atoms with E-state index >= 15 is 0 Å². The van der Waals surface area contributed by atoms with E-state index in [1.807, 2.05) is 33.8 Å². The Balaban J connectivity index is 3.10. The van der Waals surface area contributed by atoms with E-state index in [1.54, 1.807) is 6.07 Å². The number of aryl methyl sites for hydroxylation is 1. The van der Waals surface area contributed by atoms with Gasteiger partial charge in [0.15, 0.2) is 0 Å². The summed E-state index contributed by atoms with van der Waals surface area (Å²) < 4.78 is 4.76. The van der Waals surface area contributed by atoms with Gasteiger partial charge >= 0.3 is 12.0 Å². The van der Waals surface area contributed by atoms with Gasteiger partial charge in [0.1, 0.15) is 0 Å². The van der Waals surface area contributed by atoms with Crippen LogP contribution in [0.25, 0.3) is 0 Å². The van der Waals surface area contributed by atoms with E-state index in [2.05, 4.69) is 10.6 Å². The topological polar surface area (TPSA) is 67.4 Å². The lowest BCUT2D eigenvalue weighted by Gasteiger charge is -2.15. The second kappa shape index (κ2) is 6.22. The maximum atomic E-state index is 11.8. The molecule has 0 aliphatic carbocycles. The zero-order chi connectivity index (χ0) is 14.6. The Morgan fingerprint density at radius 2 is 1.84 bits per heavy atom. The Kier molecular flexibility index (Phi) is 4.92. The Hall–Kier alpha value is -2.04. The molecule has 1 aromatic rings. The van der Waals surface area contributed by atoms with E-state index in [-0.39, 0.29) is 12.1 Å². The van der Waals surface area contributed by atoms with E-state index in [1.165, 1.54) is 7.11 Å². The van der Waals surface area contributed by atoms with Gasteiger partial charge in [-0.1, -0.05) is 6.07 Å². The molecule has 0 fully saturated rings. The number of rotatable bonds is 3. The van der Waals surface area contributed by atoms with Crippen LogP contribution in [0.4, 0.5) is 10.5 Å². The first kappa shape index (κ1) is 15.0. The predicted molar refractivity (Wildman–Crippen MR) is 74.5 cm³/mol. The van der Waals surface area contributed by atoms with E-state index in [0.29, 0.717) is 11.3 Å². The average Bonchev–Trinajstić information content (AvgIpc) is 2.32. The number of urea groups is 1. The number of ether oxygens (including phenoxy) is 1. The molecule has 0 saturated heterocycles. The molecule has 0 radical (unpaired) electrons. The number of benzene rings is 1. The fourth-order valence-corrected chi connectivity index (χ4v) is 1.71. The molecule has 0 atom stereocenters. The summed E-state index contributed by atoms with van der Waals surface area (Å²) >= 11 is 0. The van der Waals surface area contributed by atoms with Gasteiger partial charge in [0, 0.05) is 6.04 Å². The summed E-state index contributed by atoms with van der Waals surface area (Å²) in [4.78, 5) is 23.5. The van der Waals surface area contributed by atoms with Crippen molar-refractivity contribution in [2.24, 2.45) is 0 Å². The van der Waals surface area contributed by atoms with Gasteiger partial charge in [-0.3, -0.25) is 0 Å². The Morgan fingerprint density at radius 1 is 1.21 bits per heavy atom. The number of nitrogens with one attached hydrogen (secondary N) is 2. The number of carbonyl (C=O) groups excluding carboxylic acids is 2.